The van der Waals surface area contributed by atoms with Gasteiger partial charge in [0.05, 0.1) is 5.69 Å². The molecule has 0 aromatic heterocycles. The summed E-state index contributed by atoms with van der Waals surface area (Å²) in [4.78, 5) is 11.6. The highest BCUT2D eigenvalue weighted by molar-refractivity contribution is 9.11. The van der Waals surface area contributed by atoms with Gasteiger partial charge < -0.3 is 5.32 Å². The smallest absolute Gasteiger partial charge is 0.228 e. The van der Waals surface area contributed by atoms with E-state index in [2.05, 4.69) is 37.2 Å². The van der Waals surface area contributed by atoms with E-state index in [1.165, 1.54) is 0 Å². The molecule has 0 radical (unpaired) electrons. The number of hydrogen-bond acceptors (Lipinski definition) is 1. The normalized spacial score (nSPS) is 12.3. The Morgan fingerprint density at radius 3 is 2.73 bits per heavy atom. The van der Waals surface area contributed by atoms with E-state index in [1.54, 1.807) is 6.92 Å². The van der Waals surface area contributed by atoms with Gasteiger partial charge in [0.25, 0.3) is 0 Å². The van der Waals surface area contributed by atoms with E-state index in [9.17, 15) is 4.79 Å². The lowest BCUT2D eigenvalue weighted by atomic mass is 10.2. The van der Waals surface area contributed by atoms with Crippen molar-refractivity contribution in [3.8, 4) is 0 Å². The third kappa shape index (κ3) is 3.78. The van der Waals surface area contributed by atoms with E-state index in [1.807, 2.05) is 18.2 Å². The molecule has 1 rings (SSSR count). The molecular weight excluding hydrogens is 345 g/mol. The predicted octanol–water partition coefficient (Wildman–Crippen LogP) is 4.03. The molecule has 1 aromatic rings. The van der Waals surface area contributed by atoms with E-state index in [0.29, 0.717) is 5.88 Å². The van der Waals surface area contributed by atoms with Crippen molar-refractivity contribution < 1.29 is 4.79 Å². The van der Waals surface area contributed by atoms with Crippen LogP contribution in [0.2, 0.25) is 0 Å². The Kier molecular flexibility index (Phi) is 5.09. The highest BCUT2D eigenvalue weighted by atomic mass is 79.9. The standard InChI is InChI=1S/C10H10Br2ClNO/c1-6(5-13)10(15)14-9-3-2-7(11)4-8(9)12/h2-4,6H,5H2,1H3,(H,14,15). The van der Waals surface area contributed by atoms with Crippen LogP contribution >= 0.6 is 43.5 Å². The molecule has 0 spiro atoms. The molecule has 82 valence electrons. The van der Waals surface area contributed by atoms with Crippen molar-refractivity contribution in [2.24, 2.45) is 5.92 Å². The average molecular weight is 355 g/mol. The lowest BCUT2D eigenvalue weighted by Crippen LogP contribution is -2.21. The number of benzene rings is 1. The number of anilines is 1. The van der Waals surface area contributed by atoms with Gasteiger partial charge in [-0.05, 0) is 34.1 Å². The van der Waals surface area contributed by atoms with Gasteiger partial charge in [0.2, 0.25) is 5.91 Å². The molecule has 0 aliphatic rings. The molecule has 1 aromatic carbocycles. The van der Waals surface area contributed by atoms with Crippen molar-refractivity contribution in [3.05, 3.63) is 27.1 Å². The molecule has 0 aliphatic heterocycles. The number of carbonyl (C=O) groups is 1. The Balaban J connectivity index is 2.77. The van der Waals surface area contributed by atoms with Crippen LogP contribution in [0.4, 0.5) is 5.69 Å². The Labute approximate surface area is 111 Å². The summed E-state index contributed by atoms with van der Waals surface area (Å²) < 4.78 is 1.80. The van der Waals surface area contributed by atoms with Crippen LogP contribution in [-0.2, 0) is 4.79 Å². The van der Waals surface area contributed by atoms with Crippen molar-refractivity contribution in [1.29, 1.82) is 0 Å². The van der Waals surface area contributed by atoms with Crippen LogP contribution in [0.5, 0.6) is 0 Å². The number of alkyl halides is 1. The number of hydrogen-bond donors (Lipinski definition) is 1. The topological polar surface area (TPSA) is 29.1 Å². The minimum Gasteiger partial charge on any atom is -0.325 e. The molecule has 0 aliphatic carbocycles. The highest BCUT2D eigenvalue weighted by Crippen LogP contribution is 2.26. The first-order valence-electron chi connectivity index (χ1n) is 4.36. The van der Waals surface area contributed by atoms with E-state index in [0.717, 1.165) is 14.6 Å². The molecule has 0 fully saturated rings. The lowest BCUT2D eigenvalue weighted by Gasteiger charge is -2.10. The Hall–Kier alpha value is -0.0600. The third-order valence-corrected chi connectivity index (χ3v) is 3.48. The van der Waals surface area contributed by atoms with Crippen LogP contribution in [0.15, 0.2) is 27.1 Å². The number of rotatable bonds is 3. The van der Waals surface area contributed by atoms with Crippen LogP contribution in [0.1, 0.15) is 6.92 Å². The Morgan fingerprint density at radius 2 is 2.20 bits per heavy atom. The molecule has 0 saturated carbocycles. The van der Waals surface area contributed by atoms with E-state index in [4.69, 9.17) is 11.6 Å². The zero-order valence-electron chi connectivity index (χ0n) is 8.06. The average Bonchev–Trinajstić information content (AvgIpc) is 2.20. The zero-order chi connectivity index (χ0) is 11.4. The maximum absolute atomic E-state index is 11.6. The monoisotopic (exact) mass is 353 g/mol. The number of nitrogens with one attached hydrogen (secondary N) is 1. The van der Waals surface area contributed by atoms with Crippen LogP contribution in [0, 0.1) is 5.92 Å². The molecule has 1 atom stereocenters. The van der Waals surface area contributed by atoms with Crippen molar-refractivity contribution in [2.75, 3.05) is 11.2 Å². The van der Waals surface area contributed by atoms with Gasteiger partial charge in [-0.15, -0.1) is 11.6 Å². The summed E-state index contributed by atoms with van der Waals surface area (Å²) in [6, 6.07) is 5.57. The molecular formula is C10H10Br2ClNO. The van der Waals surface area contributed by atoms with Gasteiger partial charge in [0.1, 0.15) is 0 Å². The second-order valence-corrected chi connectivity index (χ2v) is 5.25. The van der Waals surface area contributed by atoms with Crippen LogP contribution in [0.25, 0.3) is 0 Å². The fourth-order valence-corrected chi connectivity index (χ4v) is 2.20. The van der Waals surface area contributed by atoms with Crippen molar-refractivity contribution >= 4 is 55.1 Å². The molecule has 0 heterocycles. The summed E-state index contributed by atoms with van der Waals surface area (Å²) in [5, 5.41) is 2.80. The molecule has 1 unspecified atom stereocenters. The maximum Gasteiger partial charge on any atom is 0.228 e. The molecule has 5 heteroatoms. The van der Waals surface area contributed by atoms with Crippen LogP contribution in [0.3, 0.4) is 0 Å². The van der Waals surface area contributed by atoms with Gasteiger partial charge in [-0.1, -0.05) is 22.9 Å². The van der Waals surface area contributed by atoms with Gasteiger partial charge in [-0.3, -0.25) is 4.79 Å². The van der Waals surface area contributed by atoms with E-state index >= 15 is 0 Å². The Bertz CT molecular complexity index is 370. The van der Waals surface area contributed by atoms with Gasteiger partial charge in [0.15, 0.2) is 0 Å². The fraction of sp³-hybridized carbons (Fsp3) is 0.300. The third-order valence-electron chi connectivity index (χ3n) is 1.87. The summed E-state index contributed by atoms with van der Waals surface area (Å²) in [6.45, 7) is 1.79. The lowest BCUT2D eigenvalue weighted by molar-refractivity contribution is -0.118. The van der Waals surface area contributed by atoms with E-state index < -0.39 is 0 Å². The van der Waals surface area contributed by atoms with Gasteiger partial charge in [-0.2, -0.15) is 0 Å². The first-order valence-corrected chi connectivity index (χ1v) is 6.48. The highest BCUT2D eigenvalue weighted by Gasteiger charge is 2.12. The van der Waals surface area contributed by atoms with Crippen LogP contribution in [-0.4, -0.2) is 11.8 Å². The molecule has 1 amide bonds. The largest absolute Gasteiger partial charge is 0.325 e. The van der Waals surface area contributed by atoms with Gasteiger partial charge in [-0.25, -0.2) is 0 Å². The van der Waals surface area contributed by atoms with Crippen molar-refractivity contribution in [3.63, 3.8) is 0 Å². The minimum absolute atomic E-state index is 0.0759. The fourth-order valence-electron chi connectivity index (χ4n) is 0.917. The summed E-state index contributed by atoms with van der Waals surface area (Å²) in [5.41, 5.74) is 0.750. The minimum atomic E-state index is -0.192. The summed E-state index contributed by atoms with van der Waals surface area (Å²) in [6.07, 6.45) is 0. The number of amides is 1. The molecule has 0 bridgehead atoms. The predicted molar refractivity (Wildman–Crippen MR) is 70.4 cm³/mol. The second kappa shape index (κ2) is 5.87. The SMILES string of the molecule is CC(CCl)C(=O)Nc1ccc(Br)cc1Br. The molecule has 0 saturated heterocycles. The zero-order valence-corrected chi connectivity index (χ0v) is 12.0. The van der Waals surface area contributed by atoms with Gasteiger partial charge in [0, 0.05) is 20.7 Å². The number of halogens is 3. The van der Waals surface area contributed by atoms with Crippen LogP contribution < -0.4 is 5.32 Å². The molecule has 1 N–H and O–H groups in total. The first-order chi connectivity index (χ1) is 7.04. The van der Waals surface area contributed by atoms with Crippen molar-refractivity contribution in [1.82, 2.24) is 0 Å². The Morgan fingerprint density at radius 1 is 1.53 bits per heavy atom. The summed E-state index contributed by atoms with van der Waals surface area (Å²) >= 11 is 12.3. The van der Waals surface area contributed by atoms with Crippen molar-refractivity contribution in [2.45, 2.75) is 6.92 Å². The molecule has 2 nitrogen and oxygen atoms in total. The second-order valence-electron chi connectivity index (χ2n) is 3.17. The quantitative estimate of drug-likeness (QED) is 0.815. The molecule has 15 heavy (non-hydrogen) atoms. The first kappa shape index (κ1) is 13.0. The summed E-state index contributed by atoms with van der Waals surface area (Å²) in [7, 11) is 0. The maximum atomic E-state index is 11.6. The summed E-state index contributed by atoms with van der Waals surface area (Å²) in [5.74, 6) is 0.0511. The number of carbonyl (C=O) groups excluding carboxylic acids is 1. The van der Waals surface area contributed by atoms with E-state index in [-0.39, 0.29) is 11.8 Å². The van der Waals surface area contributed by atoms with Gasteiger partial charge >= 0.3 is 0 Å².